The first-order chi connectivity index (χ1) is 14.8. The predicted octanol–water partition coefficient (Wildman–Crippen LogP) is 5.40. The largest absolute Gasteiger partial charge is 0.364 e. The van der Waals surface area contributed by atoms with Gasteiger partial charge >= 0.3 is 0 Å². The fraction of sp³-hybridized carbons (Fsp3) is 0.0800. The van der Waals surface area contributed by atoms with Crippen molar-refractivity contribution < 1.29 is 0 Å². The van der Waals surface area contributed by atoms with E-state index in [1.54, 1.807) is 0 Å². The summed E-state index contributed by atoms with van der Waals surface area (Å²) in [4.78, 5) is 14.3. The maximum Gasteiger partial charge on any atom is 0.170 e. The number of fused-ring (bicyclic) bond motifs is 1. The van der Waals surface area contributed by atoms with Crippen LogP contribution in [0.15, 0.2) is 91.3 Å². The smallest absolute Gasteiger partial charge is 0.170 e. The SMILES string of the molecule is Cc1ccc(-n2cnc3c(NCc4ccccc4)nc(-c4ccccc4)nc32)cc1. The number of aryl methyl sites for hydroxylation is 1. The van der Waals surface area contributed by atoms with E-state index >= 15 is 0 Å². The lowest BCUT2D eigenvalue weighted by Crippen LogP contribution is -2.05. The van der Waals surface area contributed by atoms with Crippen LogP contribution in [-0.4, -0.2) is 19.5 Å². The Morgan fingerprint density at radius 2 is 1.50 bits per heavy atom. The van der Waals surface area contributed by atoms with Gasteiger partial charge in [0.05, 0.1) is 0 Å². The lowest BCUT2D eigenvalue weighted by molar-refractivity contribution is 1.06. The van der Waals surface area contributed by atoms with Crippen LogP contribution in [0.25, 0.3) is 28.2 Å². The van der Waals surface area contributed by atoms with Crippen LogP contribution >= 0.6 is 0 Å². The van der Waals surface area contributed by atoms with Gasteiger partial charge < -0.3 is 5.32 Å². The molecule has 0 unspecified atom stereocenters. The van der Waals surface area contributed by atoms with E-state index in [2.05, 4.69) is 53.6 Å². The molecule has 0 bridgehead atoms. The lowest BCUT2D eigenvalue weighted by Gasteiger charge is -2.10. The van der Waals surface area contributed by atoms with Crippen LogP contribution in [0.4, 0.5) is 5.82 Å². The lowest BCUT2D eigenvalue weighted by atomic mass is 10.2. The van der Waals surface area contributed by atoms with Crippen molar-refractivity contribution >= 4 is 17.0 Å². The number of imidazole rings is 1. The van der Waals surface area contributed by atoms with Gasteiger partial charge in [-0.25, -0.2) is 15.0 Å². The summed E-state index contributed by atoms with van der Waals surface area (Å²) in [5, 5.41) is 3.46. The second-order valence-electron chi connectivity index (χ2n) is 7.22. The highest BCUT2D eigenvalue weighted by molar-refractivity contribution is 5.86. The van der Waals surface area contributed by atoms with Crippen LogP contribution in [0.5, 0.6) is 0 Å². The monoisotopic (exact) mass is 391 g/mol. The zero-order valence-corrected chi connectivity index (χ0v) is 16.7. The maximum absolute atomic E-state index is 4.87. The Morgan fingerprint density at radius 1 is 0.800 bits per heavy atom. The summed E-state index contributed by atoms with van der Waals surface area (Å²) in [7, 11) is 0. The Balaban J connectivity index is 1.63. The third kappa shape index (κ3) is 3.53. The third-order valence-corrected chi connectivity index (χ3v) is 5.04. The number of rotatable bonds is 5. The van der Waals surface area contributed by atoms with E-state index in [4.69, 9.17) is 9.97 Å². The molecule has 0 aliphatic carbocycles. The van der Waals surface area contributed by atoms with Crippen LogP contribution in [0.2, 0.25) is 0 Å². The van der Waals surface area contributed by atoms with Crippen LogP contribution in [-0.2, 0) is 6.54 Å². The first-order valence-corrected chi connectivity index (χ1v) is 9.93. The minimum Gasteiger partial charge on any atom is -0.364 e. The Hall–Kier alpha value is -3.99. The van der Waals surface area contributed by atoms with Crippen molar-refractivity contribution in [2.75, 3.05) is 5.32 Å². The fourth-order valence-electron chi connectivity index (χ4n) is 3.42. The summed E-state index contributed by atoms with van der Waals surface area (Å²) < 4.78 is 2.01. The maximum atomic E-state index is 4.87. The molecule has 0 radical (unpaired) electrons. The van der Waals surface area contributed by atoms with Crippen molar-refractivity contribution in [2.45, 2.75) is 13.5 Å². The molecule has 2 heterocycles. The zero-order chi connectivity index (χ0) is 20.3. The van der Waals surface area contributed by atoms with Gasteiger partial charge in [0.25, 0.3) is 0 Å². The molecule has 5 rings (SSSR count). The third-order valence-electron chi connectivity index (χ3n) is 5.04. The number of nitrogens with zero attached hydrogens (tertiary/aromatic N) is 4. The van der Waals surface area contributed by atoms with Gasteiger partial charge in [0.1, 0.15) is 6.33 Å². The molecule has 0 amide bonds. The summed E-state index contributed by atoms with van der Waals surface area (Å²) in [5.74, 6) is 1.40. The van der Waals surface area contributed by atoms with Crippen molar-refractivity contribution in [1.29, 1.82) is 0 Å². The standard InChI is InChI=1S/C25H21N5/c1-18-12-14-21(15-13-18)30-17-27-22-24(26-16-19-8-4-2-5-9-19)28-23(29-25(22)30)20-10-6-3-7-11-20/h2-15,17H,16H2,1H3,(H,26,28,29). The van der Waals surface area contributed by atoms with E-state index in [1.165, 1.54) is 11.1 Å². The van der Waals surface area contributed by atoms with Crippen LogP contribution in [0.1, 0.15) is 11.1 Å². The molecule has 146 valence electrons. The Kier molecular flexibility index (Phi) is 4.69. The summed E-state index contributed by atoms with van der Waals surface area (Å²) in [6.45, 7) is 2.75. The summed E-state index contributed by atoms with van der Waals surface area (Å²) in [6.07, 6.45) is 1.81. The van der Waals surface area contributed by atoms with E-state index in [1.807, 2.05) is 59.4 Å². The van der Waals surface area contributed by atoms with Crippen LogP contribution < -0.4 is 5.32 Å². The predicted molar refractivity (Wildman–Crippen MR) is 121 cm³/mol. The number of anilines is 1. The van der Waals surface area contributed by atoms with Crippen molar-refractivity contribution in [3.8, 4) is 17.1 Å². The molecule has 0 atom stereocenters. The van der Waals surface area contributed by atoms with Gasteiger partial charge in [0.2, 0.25) is 0 Å². The van der Waals surface area contributed by atoms with Gasteiger partial charge in [0.15, 0.2) is 22.8 Å². The Labute approximate surface area is 175 Å². The molecule has 3 aromatic carbocycles. The van der Waals surface area contributed by atoms with Gasteiger partial charge in [-0.1, -0.05) is 78.4 Å². The molecule has 0 fully saturated rings. The molecule has 0 spiro atoms. The number of hydrogen-bond donors (Lipinski definition) is 1. The van der Waals surface area contributed by atoms with Gasteiger partial charge in [-0.15, -0.1) is 0 Å². The van der Waals surface area contributed by atoms with Crippen molar-refractivity contribution in [3.63, 3.8) is 0 Å². The molecule has 0 saturated heterocycles. The molecule has 30 heavy (non-hydrogen) atoms. The van der Waals surface area contributed by atoms with Crippen molar-refractivity contribution in [1.82, 2.24) is 19.5 Å². The van der Waals surface area contributed by atoms with Crippen molar-refractivity contribution in [3.05, 3.63) is 102 Å². The van der Waals surface area contributed by atoms with E-state index in [0.717, 1.165) is 28.2 Å². The quantitative estimate of drug-likeness (QED) is 0.436. The second-order valence-corrected chi connectivity index (χ2v) is 7.22. The minimum absolute atomic E-state index is 0.665. The number of hydrogen-bond acceptors (Lipinski definition) is 4. The normalized spacial score (nSPS) is 11.0. The number of nitrogens with one attached hydrogen (secondary N) is 1. The topological polar surface area (TPSA) is 55.6 Å². The highest BCUT2D eigenvalue weighted by atomic mass is 15.2. The van der Waals surface area contributed by atoms with Crippen LogP contribution in [0.3, 0.4) is 0 Å². The minimum atomic E-state index is 0.665. The average Bonchev–Trinajstić information content (AvgIpc) is 3.23. The van der Waals surface area contributed by atoms with Gasteiger partial charge in [-0.2, -0.15) is 0 Å². The summed E-state index contributed by atoms with van der Waals surface area (Å²) in [6, 6.07) is 28.7. The van der Waals surface area contributed by atoms with Gasteiger partial charge in [-0.3, -0.25) is 4.57 Å². The molecule has 2 aromatic heterocycles. The van der Waals surface area contributed by atoms with E-state index < -0.39 is 0 Å². The first-order valence-electron chi connectivity index (χ1n) is 9.93. The second kappa shape index (κ2) is 7.79. The van der Waals surface area contributed by atoms with E-state index in [9.17, 15) is 0 Å². The van der Waals surface area contributed by atoms with Gasteiger partial charge in [0, 0.05) is 17.8 Å². The molecule has 0 aliphatic heterocycles. The Morgan fingerprint density at radius 3 is 2.23 bits per heavy atom. The molecule has 5 nitrogen and oxygen atoms in total. The fourth-order valence-corrected chi connectivity index (χ4v) is 3.42. The molecular formula is C25H21N5. The highest BCUT2D eigenvalue weighted by Crippen LogP contribution is 2.26. The molecule has 1 N–H and O–H groups in total. The molecule has 5 heteroatoms. The first kappa shape index (κ1) is 18.1. The summed E-state index contributed by atoms with van der Waals surface area (Å²) in [5.41, 5.74) is 5.93. The zero-order valence-electron chi connectivity index (χ0n) is 16.7. The number of benzene rings is 3. The summed E-state index contributed by atoms with van der Waals surface area (Å²) >= 11 is 0. The highest BCUT2D eigenvalue weighted by Gasteiger charge is 2.15. The molecule has 5 aromatic rings. The van der Waals surface area contributed by atoms with E-state index in [-0.39, 0.29) is 0 Å². The number of aromatic nitrogens is 4. The molecule has 0 saturated carbocycles. The van der Waals surface area contributed by atoms with E-state index in [0.29, 0.717) is 12.4 Å². The van der Waals surface area contributed by atoms with Gasteiger partial charge in [-0.05, 0) is 24.6 Å². The Bertz CT molecular complexity index is 1280. The average molecular weight is 391 g/mol. The van der Waals surface area contributed by atoms with Crippen molar-refractivity contribution in [2.24, 2.45) is 0 Å². The molecule has 0 aliphatic rings. The molecular weight excluding hydrogens is 370 g/mol. The van der Waals surface area contributed by atoms with Crippen LogP contribution in [0, 0.1) is 6.92 Å².